The molecule has 1 saturated carbocycles. The second kappa shape index (κ2) is 4.07. The molecule has 2 bridgehead atoms. The lowest BCUT2D eigenvalue weighted by Gasteiger charge is -2.53. The number of ketones is 1. The maximum absolute atomic E-state index is 15.1. The maximum Gasteiger partial charge on any atom is 0.285 e. The SMILES string of the molecule is O=C1[C@@]2(F)C(F)=C(F)[C@](F)(C[C@@]2(F)c2ccccc2)[C@@]1(F)Cl. The Kier molecular flexibility index (Phi) is 2.85. The van der Waals surface area contributed by atoms with Crippen molar-refractivity contribution in [2.24, 2.45) is 0 Å². The van der Waals surface area contributed by atoms with Crippen LogP contribution in [-0.2, 0) is 10.5 Å². The number of hydrogen-bond donors (Lipinski definition) is 0. The molecule has 1 fully saturated rings. The molecular formula is C14H7ClF6O. The van der Waals surface area contributed by atoms with Crippen molar-refractivity contribution in [1.29, 1.82) is 0 Å². The molecule has 0 heterocycles. The lowest BCUT2D eigenvalue weighted by atomic mass is 9.58. The van der Waals surface area contributed by atoms with Gasteiger partial charge in [-0.1, -0.05) is 41.9 Å². The predicted molar refractivity (Wildman–Crippen MR) is 65.5 cm³/mol. The molecule has 4 atom stereocenters. The number of carbonyl (C=O) groups excluding carboxylic acids is 1. The van der Waals surface area contributed by atoms with Gasteiger partial charge in [-0.2, -0.15) is 0 Å². The number of Topliss-reactive ketones (excluding diaryl/α,β-unsaturated/α-hetero) is 1. The highest BCUT2D eigenvalue weighted by Crippen LogP contribution is 2.67. The molecule has 0 amide bonds. The zero-order valence-electron chi connectivity index (χ0n) is 10.6. The summed E-state index contributed by atoms with van der Waals surface area (Å²) in [5.74, 6) is -7.68. The van der Waals surface area contributed by atoms with Gasteiger partial charge in [0, 0.05) is 6.42 Å². The minimum absolute atomic E-state index is 0.623. The van der Waals surface area contributed by atoms with Crippen LogP contribution in [0.1, 0.15) is 12.0 Å². The van der Waals surface area contributed by atoms with Crippen LogP contribution in [0.4, 0.5) is 26.3 Å². The molecule has 1 aromatic carbocycles. The fourth-order valence-corrected chi connectivity index (χ4v) is 3.24. The Morgan fingerprint density at radius 1 is 0.909 bits per heavy atom. The van der Waals surface area contributed by atoms with Crippen molar-refractivity contribution in [1.82, 2.24) is 0 Å². The summed E-state index contributed by atoms with van der Waals surface area (Å²) in [4.78, 5) is 11.8. The van der Waals surface area contributed by atoms with Gasteiger partial charge in [0.2, 0.25) is 11.5 Å². The molecule has 3 aliphatic rings. The first kappa shape index (κ1) is 15.4. The maximum atomic E-state index is 15.1. The van der Waals surface area contributed by atoms with Gasteiger partial charge in [0.1, 0.15) is 0 Å². The van der Waals surface area contributed by atoms with Crippen LogP contribution in [0.5, 0.6) is 0 Å². The molecule has 0 radical (unpaired) electrons. The molecule has 4 rings (SSSR count). The summed E-state index contributed by atoms with van der Waals surface area (Å²) in [6.07, 6.45) is -1.80. The average molecular weight is 341 g/mol. The smallest absolute Gasteiger partial charge is 0.285 e. The van der Waals surface area contributed by atoms with Crippen LogP contribution in [0.25, 0.3) is 0 Å². The van der Waals surface area contributed by atoms with Gasteiger partial charge in [0.15, 0.2) is 17.3 Å². The fourth-order valence-electron chi connectivity index (χ4n) is 2.96. The highest BCUT2D eigenvalue weighted by atomic mass is 35.5. The average Bonchev–Trinajstić information content (AvgIpc) is 2.49. The van der Waals surface area contributed by atoms with Crippen LogP contribution in [0.15, 0.2) is 42.0 Å². The summed E-state index contributed by atoms with van der Waals surface area (Å²) in [6.45, 7) is 0. The van der Waals surface area contributed by atoms with Crippen molar-refractivity contribution in [3.8, 4) is 0 Å². The number of allylic oxidation sites excluding steroid dienone is 2. The lowest BCUT2D eigenvalue weighted by Crippen LogP contribution is -2.74. The highest BCUT2D eigenvalue weighted by Gasteiger charge is 2.85. The van der Waals surface area contributed by atoms with Crippen LogP contribution < -0.4 is 0 Å². The topological polar surface area (TPSA) is 17.1 Å². The van der Waals surface area contributed by atoms with E-state index < -0.39 is 51.6 Å². The van der Waals surface area contributed by atoms with E-state index in [0.29, 0.717) is 0 Å². The van der Waals surface area contributed by atoms with Gasteiger partial charge in [0.05, 0.1) is 0 Å². The number of alkyl halides is 5. The van der Waals surface area contributed by atoms with E-state index in [1.807, 2.05) is 0 Å². The molecule has 0 N–H and O–H groups in total. The van der Waals surface area contributed by atoms with E-state index in [1.165, 1.54) is 18.2 Å². The Balaban J connectivity index is 2.36. The third-order valence-corrected chi connectivity index (χ3v) is 4.67. The molecule has 22 heavy (non-hydrogen) atoms. The Hall–Kier alpha value is -1.50. The molecule has 1 aromatic rings. The Labute approximate surface area is 125 Å². The molecule has 0 aromatic heterocycles. The molecule has 1 nitrogen and oxygen atoms in total. The van der Waals surface area contributed by atoms with Gasteiger partial charge in [0.25, 0.3) is 10.8 Å². The van der Waals surface area contributed by atoms with E-state index in [1.54, 1.807) is 0 Å². The van der Waals surface area contributed by atoms with E-state index in [9.17, 15) is 26.7 Å². The Morgan fingerprint density at radius 3 is 2.00 bits per heavy atom. The fraction of sp³-hybridized carbons (Fsp3) is 0.357. The number of halogens is 7. The summed E-state index contributed by atoms with van der Waals surface area (Å²) < 4.78 is 86.2. The predicted octanol–water partition coefficient (Wildman–Crippen LogP) is 4.31. The Morgan fingerprint density at radius 2 is 1.45 bits per heavy atom. The third kappa shape index (κ3) is 1.36. The van der Waals surface area contributed by atoms with E-state index in [0.717, 1.165) is 12.1 Å². The minimum Gasteiger partial charge on any atom is -0.290 e. The van der Waals surface area contributed by atoms with Crippen LogP contribution in [0.2, 0.25) is 0 Å². The van der Waals surface area contributed by atoms with Crippen molar-refractivity contribution in [2.45, 2.75) is 28.6 Å². The van der Waals surface area contributed by atoms with E-state index in [2.05, 4.69) is 0 Å². The quantitative estimate of drug-likeness (QED) is 0.550. The summed E-state index contributed by atoms with van der Waals surface area (Å²) in [5, 5.41) is -4.23. The first-order valence-electron chi connectivity index (χ1n) is 6.14. The second-order valence-corrected chi connectivity index (χ2v) is 5.86. The zero-order chi connectivity index (χ0) is 16.6. The summed E-state index contributed by atoms with van der Waals surface area (Å²) in [7, 11) is 0. The number of hydrogen-bond acceptors (Lipinski definition) is 1. The molecule has 118 valence electrons. The largest absolute Gasteiger partial charge is 0.290 e. The van der Waals surface area contributed by atoms with Crippen LogP contribution in [-0.4, -0.2) is 22.2 Å². The van der Waals surface area contributed by atoms with Crippen molar-refractivity contribution in [2.75, 3.05) is 0 Å². The third-order valence-electron chi connectivity index (χ3n) is 4.20. The molecule has 0 spiro atoms. The summed E-state index contributed by atoms with van der Waals surface area (Å²) >= 11 is 4.99. The monoisotopic (exact) mass is 340 g/mol. The van der Waals surface area contributed by atoms with Crippen molar-refractivity contribution in [3.63, 3.8) is 0 Å². The highest BCUT2D eigenvalue weighted by molar-refractivity contribution is 6.37. The van der Waals surface area contributed by atoms with Crippen LogP contribution >= 0.6 is 11.6 Å². The van der Waals surface area contributed by atoms with Crippen LogP contribution in [0.3, 0.4) is 0 Å². The molecule has 0 aliphatic heterocycles. The standard InChI is InChI=1S/C14H7ClF6O/c15-14(21)10(22)13(20)9(17)8(16)12(14,19)6-11(13,18)7-4-2-1-3-5-7/h1-5H,6H2/t11-,12-,13+,14-/m1/s1. The Bertz CT molecular complexity index is 705. The number of benzene rings is 1. The van der Waals surface area contributed by atoms with E-state index >= 15 is 4.39 Å². The van der Waals surface area contributed by atoms with Crippen molar-refractivity contribution < 1.29 is 31.1 Å². The van der Waals surface area contributed by atoms with Gasteiger partial charge in [-0.05, 0) is 5.56 Å². The lowest BCUT2D eigenvalue weighted by molar-refractivity contribution is -0.189. The van der Waals surface area contributed by atoms with Gasteiger partial charge in [-0.15, -0.1) is 0 Å². The number of rotatable bonds is 1. The first-order valence-corrected chi connectivity index (χ1v) is 6.52. The van der Waals surface area contributed by atoms with E-state index in [4.69, 9.17) is 11.6 Å². The summed E-state index contributed by atoms with van der Waals surface area (Å²) in [6, 6.07) is 5.76. The van der Waals surface area contributed by atoms with Gasteiger partial charge in [-0.3, -0.25) is 4.79 Å². The van der Waals surface area contributed by atoms with Gasteiger partial charge >= 0.3 is 0 Å². The molecule has 8 heteroatoms. The zero-order valence-corrected chi connectivity index (χ0v) is 11.4. The summed E-state index contributed by atoms with van der Waals surface area (Å²) in [5.41, 5.74) is -12.7. The second-order valence-electron chi connectivity index (χ2n) is 5.34. The van der Waals surface area contributed by atoms with Crippen molar-refractivity contribution in [3.05, 3.63) is 47.5 Å². The molecule has 3 aliphatic carbocycles. The number of carbonyl (C=O) groups is 1. The first-order chi connectivity index (χ1) is 10.0. The van der Waals surface area contributed by atoms with Crippen LogP contribution in [0, 0.1) is 0 Å². The molecular weight excluding hydrogens is 334 g/mol. The molecule has 0 saturated heterocycles. The van der Waals surface area contributed by atoms with Gasteiger partial charge in [-0.25, -0.2) is 26.3 Å². The normalized spacial score (nSPS) is 44.6. The van der Waals surface area contributed by atoms with Gasteiger partial charge < -0.3 is 0 Å². The minimum atomic E-state index is -4.37. The van der Waals surface area contributed by atoms with E-state index in [-0.39, 0.29) is 0 Å². The molecule has 0 unspecified atom stereocenters. The number of fused-ring (bicyclic) bond motifs is 2. The van der Waals surface area contributed by atoms with Crippen molar-refractivity contribution >= 4 is 17.4 Å².